The summed E-state index contributed by atoms with van der Waals surface area (Å²) >= 11 is 0. The number of carbonyl (C=O) groups excluding carboxylic acids is 1. The number of hydrogen-bond donors (Lipinski definition) is 1. The number of hydrogen-bond acceptors (Lipinski definition) is 3. The van der Waals surface area contributed by atoms with Crippen molar-refractivity contribution in [1.82, 2.24) is 15.1 Å². The highest BCUT2D eigenvalue weighted by Crippen LogP contribution is 2.12. The van der Waals surface area contributed by atoms with Crippen molar-refractivity contribution in [3.8, 4) is 5.75 Å². The molecule has 0 aliphatic carbocycles. The molecular formula is C15H19N3O2. The molecule has 0 aliphatic heterocycles. The Bertz CT molecular complexity index is 585. The Morgan fingerprint density at radius 2 is 2.20 bits per heavy atom. The van der Waals surface area contributed by atoms with Crippen LogP contribution < -0.4 is 10.1 Å². The SMILES string of the molecule is COc1cccc(CCNC(=O)c2cc(C)n(C)n2)c1. The van der Waals surface area contributed by atoms with Crippen molar-refractivity contribution in [2.75, 3.05) is 13.7 Å². The number of carbonyl (C=O) groups is 1. The topological polar surface area (TPSA) is 56.1 Å². The summed E-state index contributed by atoms with van der Waals surface area (Å²) in [5.74, 6) is 0.686. The van der Waals surface area contributed by atoms with Gasteiger partial charge in [0.15, 0.2) is 0 Å². The fourth-order valence-corrected chi connectivity index (χ4v) is 1.91. The van der Waals surface area contributed by atoms with Gasteiger partial charge >= 0.3 is 0 Å². The predicted molar refractivity (Wildman–Crippen MR) is 77.0 cm³/mol. The molecule has 0 spiro atoms. The maximum Gasteiger partial charge on any atom is 0.271 e. The van der Waals surface area contributed by atoms with Gasteiger partial charge < -0.3 is 10.1 Å². The Morgan fingerprint density at radius 3 is 2.85 bits per heavy atom. The van der Waals surface area contributed by atoms with Crippen LogP contribution in [0.4, 0.5) is 0 Å². The van der Waals surface area contributed by atoms with Gasteiger partial charge in [-0.2, -0.15) is 5.10 Å². The van der Waals surface area contributed by atoms with E-state index in [2.05, 4.69) is 10.4 Å². The summed E-state index contributed by atoms with van der Waals surface area (Å²) in [5.41, 5.74) is 2.54. The quantitative estimate of drug-likeness (QED) is 0.902. The van der Waals surface area contributed by atoms with Crippen LogP contribution in [0, 0.1) is 6.92 Å². The van der Waals surface area contributed by atoms with Crippen molar-refractivity contribution in [3.63, 3.8) is 0 Å². The van der Waals surface area contributed by atoms with E-state index >= 15 is 0 Å². The van der Waals surface area contributed by atoms with Crippen LogP contribution in [0.25, 0.3) is 0 Å². The molecule has 1 N–H and O–H groups in total. The molecule has 5 heteroatoms. The lowest BCUT2D eigenvalue weighted by Crippen LogP contribution is -2.26. The Kier molecular flexibility index (Phi) is 4.40. The van der Waals surface area contributed by atoms with Crippen LogP contribution in [0.1, 0.15) is 21.7 Å². The average molecular weight is 273 g/mol. The van der Waals surface area contributed by atoms with E-state index in [4.69, 9.17) is 4.74 Å². The number of nitrogens with zero attached hydrogens (tertiary/aromatic N) is 2. The number of benzene rings is 1. The van der Waals surface area contributed by atoms with Crippen molar-refractivity contribution in [2.45, 2.75) is 13.3 Å². The van der Waals surface area contributed by atoms with Crippen molar-refractivity contribution in [1.29, 1.82) is 0 Å². The molecule has 20 heavy (non-hydrogen) atoms. The minimum absolute atomic E-state index is 0.142. The third-order valence-corrected chi connectivity index (χ3v) is 3.18. The van der Waals surface area contributed by atoms with Crippen LogP contribution in [-0.4, -0.2) is 29.3 Å². The summed E-state index contributed by atoms with van der Waals surface area (Å²) in [7, 11) is 3.46. The largest absolute Gasteiger partial charge is 0.497 e. The maximum atomic E-state index is 11.9. The molecule has 1 amide bonds. The molecule has 0 saturated heterocycles. The highest BCUT2D eigenvalue weighted by Gasteiger charge is 2.10. The average Bonchev–Trinajstić information content (AvgIpc) is 2.79. The summed E-state index contributed by atoms with van der Waals surface area (Å²) in [4.78, 5) is 11.9. The molecule has 0 aliphatic rings. The van der Waals surface area contributed by atoms with Crippen LogP contribution in [-0.2, 0) is 13.5 Å². The fraction of sp³-hybridized carbons (Fsp3) is 0.333. The van der Waals surface area contributed by atoms with Crippen LogP contribution >= 0.6 is 0 Å². The Morgan fingerprint density at radius 1 is 1.40 bits per heavy atom. The molecule has 0 bridgehead atoms. The first kappa shape index (κ1) is 14.1. The zero-order chi connectivity index (χ0) is 14.5. The second-order valence-corrected chi connectivity index (χ2v) is 4.65. The number of rotatable bonds is 5. The number of aryl methyl sites for hydroxylation is 2. The molecule has 1 aromatic carbocycles. The number of amides is 1. The normalized spacial score (nSPS) is 10.3. The first-order chi connectivity index (χ1) is 9.60. The standard InChI is InChI=1S/C15H19N3O2/c1-11-9-14(17-18(11)2)15(19)16-8-7-12-5-4-6-13(10-12)20-3/h4-6,9-10H,7-8H2,1-3H3,(H,16,19). The molecule has 0 atom stereocenters. The number of methoxy groups -OCH3 is 1. The molecule has 0 unspecified atom stereocenters. The third-order valence-electron chi connectivity index (χ3n) is 3.18. The van der Waals surface area contributed by atoms with Crippen molar-refractivity contribution >= 4 is 5.91 Å². The summed E-state index contributed by atoms with van der Waals surface area (Å²) in [5, 5.41) is 7.02. The summed E-state index contributed by atoms with van der Waals surface area (Å²) in [6.45, 7) is 2.49. The first-order valence-corrected chi connectivity index (χ1v) is 6.52. The monoisotopic (exact) mass is 273 g/mol. The Labute approximate surface area is 118 Å². The molecule has 106 valence electrons. The highest BCUT2D eigenvalue weighted by atomic mass is 16.5. The van der Waals surface area contributed by atoms with Gasteiger partial charge in [0.2, 0.25) is 0 Å². The number of aromatic nitrogens is 2. The van der Waals surface area contributed by atoms with Crippen molar-refractivity contribution in [2.24, 2.45) is 7.05 Å². The van der Waals surface area contributed by atoms with Gasteiger partial charge in [-0.25, -0.2) is 0 Å². The van der Waals surface area contributed by atoms with Gasteiger partial charge in [-0.15, -0.1) is 0 Å². The zero-order valence-electron chi connectivity index (χ0n) is 12.0. The van der Waals surface area contributed by atoms with Gasteiger partial charge in [-0.3, -0.25) is 9.48 Å². The van der Waals surface area contributed by atoms with E-state index in [9.17, 15) is 4.79 Å². The van der Waals surface area contributed by atoms with Crippen LogP contribution in [0.2, 0.25) is 0 Å². The highest BCUT2D eigenvalue weighted by molar-refractivity contribution is 5.92. The van der Waals surface area contributed by atoms with Gasteiger partial charge in [0.05, 0.1) is 7.11 Å². The van der Waals surface area contributed by atoms with Gasteiger partial charge in [0.1, 0.15) is 11.4 Å². The number of nitrogens with one attached hydrogen (secondary N) is 1. The summed E-state index contributed by atoms with van der Waals surface area (Å²) in [6, 6.07) is 9.61. The van der Waals surface area contributed by atoms with E-state index in [1.165, 1.54) is 0 Å². The van der Waals surface area contributed by atoms with Crippen molar-refractivity contribution in [3.05, 3.63) is 47.3 Å². The molecule has 2 rings (SSSR count). The predicted octanol–water partition coefficient (Wildman–Crippen LogP) is 1.71. The second kappa shape index (κ2) is 6.23. The molecule has 5 nitrogen and oxygen atoms in total. The van der Waals surface area contributed by atoms with Crippen LogP contribution in [0.15, 0.2) is 30.3 Å². The minimum Gasteiger partial charge on any atom is -0.497 e. The van der Waals surface area contributed by atoms with Gasteiger partial charge in [-0.05, 0) is 37.1 Å². The molecular weight excluding hydrogens is 254 g/mol. The van der Waals surface area contributed by atoms with E-state index in [-0.39, 0.29) is 5.91 Å². The number of ether oxygens (including phenoxy) is 1. The molecule has 2 aromatic rings. The Hall–Kier alpha value is -2.30. The lowest BCUT2D eigenvalue weighted by molar-refractivity contribution is 0.0948. The molecule has 1 heterocycles. The first-order valence-electron chi connectivity index (χ1n) is 6.52. The van der Waals surface area contributed by atoms with Gasteiger partial charge in [-0.1, -0.05) is 12.1 Å². The molecule has 0 fully saturated rings. The van der Waals surface area contributed by atoms with E-state index < -0.39 is 0 Å². The lowest BCUT2D eigenvalue weighted by Gasteiger charge is -2.05. The molecule has 0 radical (unpaired) electrons. The van der Waals surface area contributed by atoms with E-state index in [0.29, 0.717) is 12.2 Å². The smallest absolute Gasteiger partial charge is 0.271 e. The zero-order valence-corrected chi connectivity index (χ0v) is 12.0. The fourth-order valence-electron chi connectivity index (χ4n) is 1.91. The van der Waals surface area contributed by atoms with E-state index in [1.807, 2.05) is 38.2 Å². The van der Waals surface area contributed by atoms with Crippen LogP contribution in [0.5, 0.6) is 5.75 Å². The summed E-state index contributed by atoms with van der Waals surface area (Å²) < 4.78 is 6.86. The summed E-state index contributed by atoms with van der Waals surface area (Å²) in [6.07, 6.45) is 0.759. The van der Waals surface area contributed by atoms with E-state index in [1.54, 1.807) is 17.9 Å². The maximum absolute atomic E-state index is 11.9. The molecule has 0 saturated carbocycles. The lowest BCUT2D eigenvalue weighted by atomic mass is 10.1. The Balaban J connectivity index is 1.87. The minimum atomic E-state index is -0.142. The van der Waals surface area contributed by atoms with Crippen molar-refractivity contribution < 1.29 is 9.53 Å². The molecule has 1 aromatic heterocycles. The van der Waals surface area contributed by atoms with Gasteiger partial charge in [0, 0.05) is 19.3 Å². The second-order valence-electron chi connectivity index (χ2n) is 4.65. The third kappa shape index (κ3) is 3.38. The van der Waals surface area contributed by atoms with Gasteiger partial charge in [0.25, 0.3) is 5.91 Å². The van der Waals surface area contributed by atoms with E-state index in [0.717, 1.165) is 23.4 Å². The van der Waals surface area contributed by atoms with Crippen LogP contribution in [0.3, 0.4) is 0 Å².